The summed E-state index contributed by atoms with van der Waals surface area (Å²) in [7, 11) is 0. The number of H-pyrrole nitrogens is 1. The Morgan fingerprint density at radius 2 is 1.20 bits per heavy atom. The van der Waals surface area contributed by atoms with Crippen molar-refractivity contribution >= 4 is 58.0 Å². The van der Waals surface area contributed by atoms with Crippen molar-refractivity contribution in [3.05, 3.63) is 178 Å². The molecule has 6 aromatic rings. The van der Waals surface area contributed by atoms with E-state index < -0.39 is 68.8 Å². The van der Waals surface area contributed by atoms with E-state index in [2.05, 4.69) is 30.8 Å². The summed E-state index contributed by atoms with van der Waals surface area (Å²) in [6, 6.07) is 14.4. The zero-order valence-electron chi connectivity index (χ0n) is 41.6. The van der Waals surface area contributed by atoms with Gasteiger partial charge in [0, 0.05) is 31.2 Å². The molecule has 428 valence electrons. The molecule has 8 N–H and O–H groups in total. The second-order valence-corrected chi connectivity index (χ2v) is 16.6. The van der Waals surface area contributed by atoms with Crippen molar-refractivity contribution in [3.63, 3.8) is 0 Å². The number of aryl methyl sites for hydroxylation is 4. The molecule has 1 amide bonds. The fraction of sp³-hybridized carbons (Fsp3) is 0.200. The summed E-state index contributed by atoms with van der Waals surface area (Å²) in [6.45, 7) is 8.82. The van der Waals surface area contributed by atoms with Crippen LogP contribution in [0.15, 0.2) is 79.5 Å². The van der Waals surface area contributed by atoms with Gasteiger partial charge in [-0.15, -0.1) is 0 Å². The van der Waals surface area contributed by atoms with Gasteiger partial charge in [-0.2, -0.15) is 61.2 Å². The molecule has 36 heteroatoms. The van der Waals surface area contributed by atoms with Crippen LogP contribution in [0.2, 0.25) is 15.5 Å². The third kappa shape index (κ3) is 18.5. The molecule has 81 heavy (non-hydrogen) atoms. The molecule has 0 aliphatic carbocycles. The summed E-state index contributed by atoms with van der Waals surface area (Å²) < 4.78 is 111. The topological polar surface area (TPSA) is 385 Å². The highest BCUT2D eigenvalue weighted by atomic mass is 35.5. The van der Waals surface area contributed by atoms with Gasteiger partial charge in [0.05, 0.1) is 21.6 Å². The Morgan fingerprint density at radius 3 is 1.56 bits per heavy atom. The number of ketones is 1. The first kappa shape index (κ1) is 67.5. The van der Waals surface area contributed by atoms with E-state index in [0.717, 1.165) is 12.5 Å². The molecular weight excluding hydrogens is 1170 g/mol. The Bertz CT molecular complexity index is 3740. The number of allylic oxidation sites excluding steroid dienone is 2. The van der Waals surface area contributed by atoms with Gasteiger partial charge in [-0.05, 0) is 81.1 Å². The molecular formula is C45H35Cl3F9N15O9. The van der Waals surface area contributed by atoms with E-state index in [0.29, 0.717) is 37.7 Å². The van der Waals surface area contributed by atoms with Crippen molar-refractivity contribution in [2.45, 2.75) is 60.1 Å². The highest BCUT2D eigenvalue weighted by Crippen LogP contribution is 2.29. The molecule has 0 saturated heterocycles. The number of benzene rings is 1. The number of halogens is 12. The van der Waals surface area contributed by atoms with Crippen molar-refractivity contribution in [2.75, 3.05) is 11.2 Å². The molecule has 0 bridgehead atoms. The number of aromatic nitrogens is 7. The Hall–Kier alpha value is -9.62. The number of carbonyl (C=O) groups excluding carboxylic acids is 2. The van der Waals surface area contributed by atoms with Gasteiger partial charge >= 0.3 is 35.6 Å². The van der Waals surface area contributed by atoms with E-state index in [4.69, 9.17) is 62.3 Å². The smallest absolute Gasteiger partial charge is 0.404 e. The van der Waals surface area contributed by atoms with Crippen molar-refractivity contribution in [3.8, 4) is 35.6 Å². The van der Waals surface area contributed by atoms with Crippen LogP contribution in [-0.2, 0) is 21.9 Å². The first-order valence-corrected chi connectivity index (χ1v) is 22.2. The number of nitriles is 3. The number of nitrogens with one attached hydrogen (secondary N) is 2. The number of hydrogen-bond donors (Lipinski definition) is 5. The number of nitrogens with two attached hydrogens (primary N) is 3. The number of pyridine rings is 3. The molecule has 1 aromatic carbocycles. The maximum Gasteiger partial charge on any atom is 0.433 e. The largest absolute Gasteiger partial charge is 0.433 e. The van der Waals surface area contributed by atoms with Gasteiger partial charge < -0.3 is 26.7 Å². The number of nitro groups is 1. The van der Waals surface area contributed by atoms with E-state index in [1.54, 1.807) is 43.1 Å². The van der Waals surface area contributed by atoms with Crippen LogP contribution < -0.4 is 50.1 Å². The molecule has 0 aliphatic rings. The summed E-state index contributed by atoms with van der Waals surface area (Å²) in [6.07, 6.45) is -14.1. The summed E-state index contributed by atoms with van der Waals surface area (Å²) in [5.74, 6) is 8.84. The van der Waals surface area contributed by atoms with Crippen LogP contribution in [0.25, 0.3) is 11.6 Å². The third-order valence-electron chi connectivity index (χ3n) is 9.38. The van der Waals surface area contributed by atoms with E-state index in [1.165, 1.54) is 45.0 Å². The molecule has 0 saturated carbocycles. The van der Waals surface area contributed by atoms with E-state index in [9.17, 15) is 78.4 Å². The fourth-order valence-electron chi connectivity index (χ4n) is 5.77. The van der Waals surface area contributed by atoms with Crippen molar-refractivity contribution in [1.29, 1.82) is 15.8 Å². The van der Waals surface area contributed by atoms with Crippen LogP contribution >= 0.6 is 34.8 Å². The SMILES string of the molecule is CC(=O)/C=C(\N)C(F)(F)F.CC(=O)Nc1cc(C)c(C#N)c(Cl)n1.Cc1cc(-n2c(=O)cc(C(F)(F)F)[nH]c2=O)nc(Cl)c1C#N.Cc1cc(-n2c(=O)cc(C(F)(F)F)n(N)c2=O)nc(Cl)c1C#N.Cc1ccc(ON)c([N+](=O)[O-])c1. The number of anilines is 1. The third-order valence-corrected chi connectivity index (χ3v) is 10.2. The van der Waals surface area contributed by atoms with Gasteiger partial charge in [0.1, 0.15) is 62.5 Å². The molecule has 0 unspecified atom stereocenters. The maximum absolute atomic E-state index is 12.7. The number of hydrogen-bond acceptors (Lipinski definition) is 18. The van der Waals surface area contributed by atoms with Crippen LogP contribution in [0.5, 0.6) is 5.75 Å². The van der Waals surface area contributed by atoms with Crippen molar-refractivity contribution < 1.29 is 58.9 Å². The lowest BCUT2D eigenvalue weighted by atomic mass is 10.2. The summed E-state index contributed by atoms with van der Waals surface area (Å²) in [5.41, 5.74) is -2.83. The second-order valence-electron chi connectivity index (χ2n) is 15.5. The molecule has 24 nitrogen and oxygen atoms in total. The van der Waals surface area contributed by atoms with Crippen LogP contribution in [0.4, 0.5) is 51.0 Å². The molecule has 5 aromatic heterocycles. The normalized spacial score (nSPS) is 10.9. The monoisotopic (exact) mass is 1210 g/mol. The zero-order valence-corrected chi connectivity index (χ0v) is 43.9. The first-order valence-electron chi connectivity index (χ1n) is 21.1. The van der Waals surface area contributed by atoms with Gasteiger partial charge in [-0.25, -0.2) is 38.4 Å². The number of rotatable bonds is 6. The zero-order chi connectivity index (χ0) is 62.4. The Kier molecular flexibility index (Phi) is 23.2. The number of carbonyl (C=O) groups is 2. The minimum atomic E-state index is -4.97. The quantitative estimate of drug-likeness (QED) is 0.0288. The van der Waals surface area contributed by atoms with Gasteiger partial charge in [0.2, 0.25) is 11.7 Å². The number of alkyl halides is 9. The molecule has 5 heterocycles. The number of amides is 1. The lowest BCUT2D eigenvalue weighted by molar-refractivity contribution is -0.386. The minimum Gasteiger partial charge on any atom is -0.404 e. The lowest BCUT2D eigenvalue weighted by Crippen LogP contribution is -2.45. The highest BCUT2D eigenvalue weighted by molar-refractivity contribution is 6.31. The standard InChI is InChI=1S/C12H7ClF3N5O2.C12H6ClF3N4O2.C9H8ClN3O.C7H8N2O3.C5H6F3NO/c1-5-2-8(19-10(13)6(5)4-17)20-9(22)3-7(12(14,15)16)21(18)11(20)23;1-5-2-8(19-10(13)6(5)4-17)20-9(21)3-7(12(14,15)16)18-11(20)22;1-5-3-8(12-6(2)14)13-9(10)7(5)4-11;1-5-2-3-7(12-8)6(4-5)9(10)11;1-3(10)2-4(9)5(6,7)8/h2-3H,18H2,1H3;2-3H,1H3,(H,18,22);3H,1-2H3,(H,12,13,14);2-4H,8H2,1H3;2H,9H2,1H3/b;;;;4-2-. The van der Waals surface area contributed by atoms with Crippen LogP contribution in [0.1, 0.15) is 64.2 Å². The maximum atomic E-state index is 12.7. The molecule has 0 fully saturated rings. The number of nitrogens with zero attached hydrogens (tertiary/aromatic N) is 10. The average molecular weight is 1210 g/mol. The van der Waals surface area contributed by atoms with E-state index in [1.807, 2.05) is 6.07 Å². The van der Waals surface area contributed by atoms with Gasteiger partial charge in [0.25, 0.3) is 11.1 Å². The molecule has 0 aliphatic heterocycles. The Labute approximate surface area is 461 Å². The molecule has 6 rings (SSSR count). The second kappa shape index (κ2) is 27.8. The Balaban J connectivity index is 0.000000359. The summed E-state index contributed by atoms with van der Waals surface area (Å²) in [5, 5.41) is 38.9. The molecule has 0 atom stereocenters. The van der Waals surface area contributed by atoms with Gasteiger partial charge in [-0.1, -0.05) is 40.9 Å². The fourth-order valence-corrected chi connectivity index (χ4v) is 6.60. The summed E-state index contributed by atoms with van der Waals surface area (Å²) >= 11 is 17.2. The number of nitro benzene ring substituents is 1. The molecule has 0 radical (unpaired) electrons. The lowest BCUT2D eigenvalue weighted by Gasteiger charge is -2.13. The van der Waals surface area contributed by atoms with E-state index >= 15 is 0 Å². The van der Waals surface area contributed by atoms with Gasteiger partial charge in [0.15, 0.2) is 11.5 Å². The number of aromatic amines is 1. The van der Waals surface area contributed by atoms with Crippen LogP contribution in [-0.4, -0.2) is 56.5 Å². The van der Waals surface area contributed by atoms with E-state index in [-0.39, 0.29) is 77.9 Å². The first-order chi connectivity index (χ1) is 37.2. The predicted molar refractivity (Wildman–Crippen MR) is 268 cm³/mol. The Morgan fingerprint density at radius 1 is 0.741 bits per heavy atom. The van der Waals surface area contributed by atoms with Crippen molar-refractivity contribution in [1.82, 2.24) is 33.7 Å². The summed E-state index contributed by atoms with van der Waals surface area (Å²) in [4.78, 5) is 95.2. The van der Waals surface area contributed by atoms with Crippen LogP contribution in [0, 0.1) is 71.8 Å². The van der Waals surface area contributed by atoms with Crippen molar-refractivity contribution in [2.24, 2.45) is 11.6 Å². The predicted octanol–water partition coefficient (Wildman–Crippen LogP) is 6.74. The number of nitrogen functional groups attached to an aromatic ring is 1. The minimum absolute atomic E-state index is 0.0171. The average Bonchev–Trinajstić information content (AvgIpc) is 3.32. The molecule has 0 spiro atoms. The van der Waals surface area contributed by atoms with Crippen LogP contribution in [0.3, 0.4) is 0 Å². The highest BCUT2D eigenvalue weighted by Gasteiger charge is 2.36. The van der Waals surface area contributed by atoms with Gasteiger partial charge in [-0.3, -0.25) is 29.3 Å².